The molecule has 0 aromatic carbocycles. The topological polar surface area (TPSA) is 18.5 Å². The maximum absolute atomic E-state index is 5.28. The molecule has 1 saturated heterocycles. The Balaban J connectivity index is 1.94. The summed E-state index contributed by atoms with van der Waals surface area (Å²) in [6, 6.07) is 0. The first-order valence-electron chi connectivity index (χ1n) is 4.18. The van der Waals surface area contributed by atoms with Crippen LogP contribution in [0.1, 0.15) is 19.3 Å². The van der Waals surface area contributed by atoms with Gasteiger partial charge in [0.25, 0.3) is 0 Å². The summed E-state index contributed by atoms with van der Waals surface area (Å²) in [5.41, 5.74) is 0. The Morgan fingerprint density at radius 3 is 2.67 bits per heavy atom. The molecule has 0 aliphatic carbocycles. The molecular formula is C9H13BrO2. The van der Waals surface area contributed by atoms with Crippen LogP contribution in [-0.4, -0.2) is 24.8 Å². The Bertz CT molecular complexity index is 165. The Kier molecular flexibility index (Phi) is 5.42. The molecule has 0 spiro atoms. The van der Waals surface area contributed by atoms with Gasteiger partial charge in [0.1, 0.15) is 0 Å². The Morgan fingerprint density at radius 1 is 1.25 bits per heavy atom. The van der Waals surface area contributed by atoms with Gasteiger partial charge in [0.2, 0.25) is 0 Å². The van der Waals surface area contributed by atoms with Crippen LogP contribution in [0.4, 0.5) is 0 Å². The lowest BCUT2D eigenvalue weighted by Gasteiger charge is -2.05. The lowest BCUT2D eigenvalue weighted by molar-refractivity contribution is -0.0474. The zero-order valence-corrected chi connectivity index (χ0v) is 8.60. The van der Waals surface area contributed by atoms with E-state index in [2.05, 4.69) is 27.8 Å². The fourth-order valence-electron chi connectivity index (χ4n) is 1.07. The van der Waals surface area contributed by atoms with Crippen LogP contribution in [0.15, 0.2) is 0 Å². The average molecular weight is 233 g/mol. The maximum atomic E-state index is 5.28. The summed E-state index contributed by atoms with van der Waals surface area (Å²) < 4.78 is 10.6. The Morgan fingerprint density at radius 2 is 2.00 bits per heavy atom. The van der Waals surface area contributed by atoms with Crippen molar-refractivity contribution < 1.29 is 9.47 Å². The molecule has 1 fully saturated rings. The molecular weight excluding hydrogens is 220 g/mol. The fraction of sp³-hybridized carbons (Fsp3) is 0.778. The van der Waals surface area contributed by atoms with Crippen molar-refractivity contribution in [1.29, 1.82) is 0 Å². The summed E-state index contributed by atoms with van der Waals surface area (Å²) in [6.45, 7) is 1.50. The van der Waals surface area contributed by atoms with Gasteiger partial charge in [0.05, 0.1) is 18.5 Å². The molecule has 0 atom stereocenters. The van der Waals surface area contributed by atoms with E-state index in [0.717, 1.165) is 37.8 Å². The molecule has 68 valence electrons. The highest BCUT2D eigenvalue weighted by molar-refractivity contribution is 9.09. The number of alkyl halides is 1. The van der Waals surface area contributed by atoms with Crippen molar-refractivity contribution in [2.24, 2.45) is 0 Å². The van der Waals surface area contributed by atoms with Gasteiger partial charge in [-0.1, -0.05) is 21.9 Å². The van der Waals surface area contributed by atoms with Gasteiger partial charge in [0, 0.05) is 6.42 Å². The summed E-state index contributed by atoms with van der Waals surface area (Å²) in [4.78, 5) is 0. The number of halogens is 1. The zero-order chi connectivity index (χ0) is 8.65. The molecule has 0 unspecified atom stereocenters. The lowest BCUT2D eigenvalue weighted by Crippen LogP contribution is -2.06. The minimum absolute atomic E-state index is 0.0378. The van der Waals surface area contributed by atoms with Crippen LogP contribution >= 0.6 is 15.9 Å². The van der Waals surface area contributed by atoms with Crippen molar-refractivity contribution in [1.82, 2.24) is 0 Å². The van der Waals surface area contributed by atoms with Gasteiger partial charge in [-0.15, -0.1) is 5.92 Å². The molecule has 0 saturated carbocycles. The molecule has 1 aliphatic heterocycles. The molecule has 0 N–H and O–H groups in total. The van der Waals surface area contributed by atoms with E-state index in [9.17, 15) is 0 Å². The zero-order valence-electron chi connectivity index (χ0n) is 7.01. The third-order valence-corrected chi connectivity index (χ3v) is 1.90. The largest absolute Gasteiger partial charge is 0.350 e. The van der Waals surface area contributed by atoms with Gasteiger partial charge in [-0.3, -0.25) is 0 Å². The van der Waals surface area contributed by atoms with Gasteiger partial charge in [-0.05, 0) is 12.8 Å². The van der Waals surface area contributed by atoms with E-state index in [1.165, 1.54) is 0 Å². The summed E-state index contributed by atoms with van der Waals surface area (Å²) >= 11 is 3.24. The monoisotopic (exact) mass is 232 g/mol. The van der Waals surface area contributed by atoms with Gasteiger partial charge in [0.15, 0.2) is 6.29 Å². The highest BCUT2D eigenvalue weighted by Gasteiger charge is 2.14. The van der Waals surface area contributed by atoms with Crippen LogP contribution in [0.3, 0.4) is 0 Å². The van der Waals surface area contributed by atoms with Crippen molar-refractivity contribution in [3.63, 3.8) is 0 Å². The first kappa shape index (κ1) is 10.0. The molecule has 0 bridgehead atoms. The number of unbranched alkanes of at least 4 members (excludes halogenated alkanes) is 1. The first-order valence-corrected chi connectivity index (χ1v) is 5.30. The van der Waals surface area contributed by atoms with Gasteiger partial charge in [-0.2, -0.15) is 0 Å². The number of ether oxygens (including phenoxy) is 2. The Hall–Kier alpha value is -0.0400. The van der Waals surface area contributed by atoms with Crippen molar-refractivity contribution >= 4 is 15.9 Å². The van der Waals surface area contributed by atoms with Gasteiger partial charge >= 0.3 is 0 Å². The first-order chi connectivity index (χ1) is 5.93. The van der Waals surface area contributed by atoms with Crippen LogP contribution in [-0.2, 0) is 9.47 Å². The minimum Gasteiger partial charge on any atom is -0.350 e. The fourth-order valence-corrected chi connectivity index (χ4v) is 1.26. The minimum atomic E-state index is 0.0378. The second kappa shape index (κ2) is 6.47. The molecule has 0 radical (unpaired) electrons. The van der Waals surface area contributed by atoms with Crippen molar-refractivity contribution in [2.45, 2.75) is 25.6 Å². The van der Waals surface area contributed by atoms with Crippen LogP contribution < -0.4 is 0 Å². The maximum Gasteiger partial charge on any atom is 0.157 e. The highest BCUT2D eigenvalue weighted by Crippen LogP contribution is 2.10. The second-order valence-corrected chi connectivity index (χ2v) is 3.11. The quantitative estimate of drug-likeness (QED) is 0.421. The standard InChI is InChI=1S/C9H13BrO2/c10-6-4-2-1-3-5-9-11-7-8-12-9/h9H,1,3,5-8H2. The van der Waals surface area contributed by atoms with E-state index >= 15 is 0 Å². The smallest absolute Gasteiger partial charge is 0.157 e. The SMILES string of the molecule is BrCC#CCCCC1OCCO1. The third kappa shape index (κ3) is 4.10. The molecule has 1 aliphatic rings. The van der Waals surface area contributed by atoms with Crippen molar-refractivity contribution in [3.8, 4) is 11.8 Å². The number of hydrogen-bond acceptors (Lipinski definition) is 2. The van der Waals surface area contributed by atoms with Gasteiger partial charge < -0.3 is 9.47 Å². The molecule has 0 amide bonds. The van der Waals surface area contributed by atoms with E-state index in [4.69, 9.17) is 9.47 Å². The Labute approximate surface area is 81.7 Å². The third-order valence-electron chi connectivity index (χ3n) is 1.62. The molecule has 1 rings (SSSR count). The molecule has 12 heavy (non-hydrogen) atoms. The molecule has 2 nitrogen and oxygen atoms in total. The highest BCUT2D eigenvalue weighted by atomic mass is 79.9. The van der Waals surface area contributed by atoms with Crippen LogP contribution in [0.2, 0.25) is 0 Å². The summed E-state index contributed by atoms with van der Waals surface area (Å²) in [5, 5.41) is 0.767. The predicted molar refractivity (Wildman–Crippen MR) is 51.1 cm³/mol. The number of rotatable bonds is 3. The van der Waals surface area contributed by atoms with E-state index in [-0.39, 0.29) is 6.29 Å². The average Bonchev–Trinajstić information content (AvgIpc) is 2.57. The van der Waals surface area contributed by atoms with Gasteiger partial charge in [-0.25, -0.2) is 0 Å². The second-order valence-electron chi connectivity index (χ2n) is 2.55. The number of hydrogen-bond donors (Lipinski definition) is 0. The van der Waals surface area contributed by atoms with E-state index < -0.39 is 0 Å². The van der Waals surface area contributed by atoms with E-state index in [0.29, 0.717) is 0 Å². The van der Waals surface area contributed by atoms with Crippen LogP contribution in [0.25, 0.3) is 0 Å². The van der Waals surface area contributed by atoms with Crippen molar-refractivity contribution in [3.05, 3.63) is 0 Å². The molecule has 1 heterocycles. The van der Waals surface area contributed by atoms with E-state index in [1.807, 2.05) is 0 Å². The van der Waals surface area contributed by atoms with Crippen LogP contribution in [0.5, 0.6) is 0 Å². The summed E-state index contributed by atoms with van der Waals surface area (Å²) in [7, 11) is 0. The normalized spacial score (nSPS) is 17.4. The molecule has 0 aromatic heterocycles. The van der Waals surface area contributed by atoms with Crippen LogP contribution in [0, 0.1) is 11.8 Å². The van der Waals surface area contributed by atoms with E-state index in [1.54, 1.807) is 0 Å². The summed E-state index contributed by atoms with van der Waals surface area (Å²) in [5.74, 6) is 6.01. The molecule has 0 aromatic rings. The predicted octanol–water partition coefficient (Wildman–Crippen LogP) is 1.93. The van der Waals surface area contributed by atoms with Crippen molar-refractivity contribution in [2.75, 3.05) is 18.5 Å². The lowest BCUT2D eigenvalue weighted by atomic mass is 10.2. The summed E-state index contributed by atoms with van der Waals surface area (Å²) in [6.07, 6.45) is 3.01. The molecule has 3 heteroatoms.